The van der Waals surface area contributed by atoms with Gasteiger partial charge in [0.2, 0.25) is 0 Å². The largest absolute Gasteiger partial charge is 0.355 e. The highest BCUT2D eigenvalue weighted by molar-refractivity contribution is 5.95. The quantitative estimate of drug-likeness (QED) is 0.360. The lowest BCUT2D eigenvalue weighted by Crippen LogP contribution is -2.36. The van der Waals surface area contributed by atoms with E-state index in [-0.39, 0.29) is 16.2 Å². The summed E-state index contributed by atoms with van der Waals surface area (Å²) in [6.07, 6.45) is 10.6. The summed E-state index contributed by atoms with van der Waals surface area (Å²) in [6, 6.07) is 21.3. The Balaban J connectivity index is 1.73. The van der Waals surface area contributed by atoms with E-state index < -0.39 is 0 Å². The monoisotopic (exact) mass is 487 g/mol. The van der Waals surface area contributed by atoms with Crippen molar-refractivity contribution < 1.29 is 0 Å². The second kappa shape index (κ2) is 8.22. The second-order valence-corrected chi connectivity index (χ2v) is 13.6. The smallest absolute Gasteiger partial charge is 0.0543 e. The molecule has 1 heteroatoms. The number of fused-ring (bicyclic) bond motifs is 5. The molecule has 0 aromatic heterocycles. The third kappa shape index (κ3) is 3.90. The van der Waals surface area contributed by atoms with Crippen LogP contribution in [0.25, 0.3) is 16.7 Å². The average Bonchev–Trinajstić information content (AvgIpc) is 2.89. The van der Waals surface area contributed by atoms with E-state index in [2.05, 4.69) is 127 Å². The van der Waals surface area contributed by atoms with Gasteiger partial charge in [-0.25, -0.2) is 0 Å². The van der Waals surface area contributed by atoms with Crippen molar-refractivity contribution in [2.75, 3.05) is 5.32 Å². The molecule has 0 spiro atoms. The summed E-state index contributed by atoms with van der Waals surface area (Å²) in [5.41, 5.74) is 13.7. The van der Waals surface area contributed by atoms with Gasteiger partial charge in [-0.1, -0.05) is 97.0 Å². The first kappa shape index (κ1) is 24.3. The fraction of sp³-hybridized carbons (Fsp3) is 0.389. The van der Waals surface area contributed by atoms with Crippen molar-refractivity contribution in [3.63, 3.8) is 0 Å². The Morgan fingerprint density at radius 2 is 1.57 bits per heavy atom. The highest BCUT2D eigenvalue weighted by atomic mass is 14.9. The molecule has 0 radical (unpaired) electrons. The summed E-state index contributed by atoms with van der Waals surface area (Å²) in [5.74, 6) is 0.545. The molecule has 3 aromatic carbocycles. The molecule has 2 bridgehead atoms. The SMILES string of the molecule is CC1C=C(c2cc(C(C)(C)C)cc3c2Nc2ccc4c(c2)C(C)(CCC4(C)C)c2ccccc2-3)C=CC1. The van der Waals surface area contributed by atoms with Crippen LogP contribution in [-0.2, 0) is 16.2 Å². The zero-order chi connectivity index (χ0) is 26.2. The zero-order valence-electron chi connectivity index (χ0n) is 23.6. The fourth-order valence-corrected chi connectivity index (χ4v) is 6.79. The van der Waals surface area contributed by atoms with Gasteiger partial charge in [0, 0.05) is 22.2 Å². The summed E-state index contributed by atoms with van der Waals surface area (Å²) in [7, 11) is 0. The summed E-state index contributed by atoms with van der Waals surface area (Å²) in [4.78, 5) is 0. The van der Waals surface area contributed by atoms with Crippen LogP contribution in [-0.4, -0.2) is 0 Å². The third-order valence-corrected chi connectivity index (χ3v) is 9.26. The van der Waals surface area contributed by atoms with Gasteiger partial charge in [-0.05, 0) is 93.7 Å². The van der Waals surface area contributed by atoms with Crippen LogP contribution in [0.5, 0.6) is 0 Å². The van der Waals surface area contributed by atoms with Crippen LogP contribution >= 0.6 is 0 Å². The molecule has 6 rings (SSSR count). The number of hydrogen-bond donors (Lipinski definition) is 1. The summed E-state index contributed by atoms with van der Waals surface area (Å²) >= 11 is 0. The van der Waals surface area contributed by atoms with E-state index in [4.69, 9.17) is 0 Å². The standard InChI is InChI=1S/C36H41N/c1-23-11-10-12-24(19-23)28-20-25(34(2,3)4)21-29-27-13-8-9-14-30(27)36(7)18-17-35(5,6)31-16-15-26(22-32(31)36)37-33(28)29/h8-10,12-16,19-23,37H,11,17-18H2,1-7H3. The van der Waals surface area contributed by atoms with Gasteiger partial charge in [0.25, 0.3) is 0 Å². The maximum absolute atomic E-state index is 3.97. The minimum atomic E-state index is -0.0306. The van der Waals surface area contributed by atoms with Crippen molar-refractivity contribution in [1.29, 1.82) is 0 Å². The van der Waals surface area contributed by atoms with Gasteiger partial charge in [0.1, 0.15) is 0 Å². The average molecular weight is 488 g/mol. The predicted molar refractivity (Wildman–Crippen MR) is 160 cm³/mol. The highest BCUT2D eigenvalue weighted by Crippen LogP contribution is 2.54. The molecule has 0 saturated heterocycles. The minimum Gasteiger partial charge on any atom is -0.355 e. The third-order valence-electron chi connectivity index (χ3n) is 9.26. The number of benzene rings is 3. The Hall–Kier alpha value is -3.06. The Kier molecular flexibility index (Phi) is 5.40. The molecule has 2 atom stereocenters. The molecule has 0 amide bonds. The van der Waals surface area contributed by atoms with Crippen LogP contribution in [0.1, 0.15) is 95.5 Å². The number of hydrogen-bond acceptors (Lipinski definition) is 1. The molecule has 2 unspecified atom stereocenters. The van der Waals surface area contributed by atoms with E-state index in [1.54, 1.807) is 0 Å². The van der Waals surface area contributed by atoms with Crippen molar-refractivity contribution >= 4 is 16.9 Å². The molecule has 1 heterocycles. The topological polar surface area (TPSA) is 12.0 Å². The maximum Gasteiger partial charge on any atom is 0.0543 e. The van der Waals surface area contributed by atoms with E-state index >= 15 is 0 Å². The van der Waals surface area contributed by atoms with Crippen molar-refractivity contribution in [1.82, 2.24) is 0 Å². The van der Waals surface area contributed by atoms with E-state index in [0.29, 0.717) is 5.92 Å². The Bertz CT molecular complexity index is 1460. The summed E-state index contributed by atoms with van der Waals surface area (Å²) in [5, 5.41) is 3.97. The summed E-state index contributed by atoms with van der Waals surface area (Å²) < 4.78 is 0. The fourth-order valence-electron chi connectivity index (χ4n) is 6.79. The first-order valence-corrected chi connectivity index (χ1v) is 14.1. The molecule has 190 valence electrons. The van der Waals surface area contributed by atoms with Gasteiger partial charge in [0.05, 0.1) is 5.69 Å². The summed E-state index contributed by atoms with van der Waals surface area (Å²) in [6.45, 7) is 16.6. The number of nitrogens with one attached hydrogen (secondary N) is 1. The van der Waals surface area contributed by atoms with Crippen LogP contribution in [0.2, 0.25) is 0 Å². The molecule has 0 fully saturated rings. The molecule has 0 saturated carbocycles. The van der Waals surface area contributed by atoms with Crippen molar-refractivity contribution in [2.24, 2.45) is 5.92 Å². The van der Waals surface area contributed by atoms with E-state index in [0.717, 1.165) is 12.8 Å². The van der Waals surface area contributed by atoms with Gasteiger partial charge in [-0.3, -0.25) is 0 Å². The molecule has 37 heavy (non-hydrogen) atoms. The molecule has 3 aromatic rings. The molecular formula is C36H41N. The minimum absolute atomic E-state index is 0.0306. The van der Waals surface area contributed by atoms with Gasteiger partial charge < -0.3 is 5.32 Å². The molecule has 1 N–H and O–H groups in total. The maximum atomic E-state index is 3.97. The lowest BCUT2D eigenvalue weighted by Gasteiger charge is -2.44. The van der Waals surface area contributed by atoms with E-state index in [1.165, 1.54) is 62.3 Å². The Morgan fingerprint density at radius 1 is 0.811 bits per heavy atom. The van der Waals surface area contributed by atoms with Gasteiger partial charge >= 0.3 is 0 Å². The zero-order valence-corrected chi connectivity index (χ0v) is 23.6. The van der Waals surface area contributed by atoms with Gasteiger partial charge in [-0.2, -0.15) is 0 Å². The Labute approximate surface area is 223 Å². The number of allylic oxidation sites excluding steroid dienone is 4. The van der Waals surface area contributed by atoms with Crippen LogP contribution in [0.4, 0.5) is 11.4 Å². The second-order valence-electron chi connectivity index (χ2n) is 13.6. The Morgan fingerprint density at radius 3 is 2.32 bits per heavy atom. The first-order valence-electron chi connectivity index (χ1n) is 14.1. The van der Waals surface area contributed by atoms with Crippen LogP contribution < -0.4 is 5.32 Å². The van der Waals surface area contributed by atoms with Crippen LogP contribution in [0.15, 0.2) is 72.8 Å². The van der Waals surface area contributed by atoms with Gasteiger partial charge in [-0.15, -0.1) is 0 Å². The van der Waals surface area contributed by atoms with Crippen LogP contribution in [0.3, 0.4) is 0 Å². The molecule has 2 aliphatic carbocycles. The lowest BCUT2D eigenvalue weighted by molar-refractivity contribution is 0.350. The van der Waals surface area contributed by atoms with Crippen molar-refractivity contribution in [3.05, 3.63) is 101 Å². The predicted octanol–water partition coefficient (Wildman–Crippen LogP) is 10.1. The van der Waals surface area contributed by atoms with Crippen LogP contribution in [0, 0.1) is 5.92 Å². The molecular weight excluding hydrogens is 446 g/mol. The highest BCUT2D eigenvalue weighted by Gasteiger charge is 2.43. The van der Waals surface area contributed by atoms with E-state index in [1.807, 2.05) is 0 Å². The van der Waals surface area contributed by atoms with E-state index in [9.17, 15) is 0 Å². The van der Waals surface area contributed by atoms with Crippen molar-refractivity contribution in [2.45, 2.75) is 84.0 Å². The normalized spacial score (nSPS) is 23.5. The number of rotatable bonds is 1. The molecule has 1 aliphatic heterocycles. The van der Waals surface area contributed by atoms with Gasteiger partial charge in [0.15, 0.2) is 0 Å². The van der Waals surface area contributed by atoms with Crippen molar-refractivity contribution in [3.8, 4) is 11.1 Å². The molecule has 1 nitrogen and oxygen atoms in total. The first-order chi connectivity index (χ1) is 17.5. The number of anilines is 2. The molecule has 3 aliphatic rings. The lowest BCUT2D eigenvalue weighted by atomic mass is 9.59.